The van der Waals surface area contributed by atoms with Gasteiger partial charge in [-0.15, -0.1) is 11.3 Å². The fourth-order valence-electron chi connectivity index (χ4n) is 4.46. The van der Waals surface area contributed by atoms with E-state index in [9.17, 15) is 9.18 Å². The Morgan fingerprint density at radius 3 is 2.73 bits per heavy atom. The maximum atomic E-state index is 13.7. The van der Waals surface area contributed by atoms with Crippen LogP contribution in [0.2, 0.25) is 0 Å². The van der Waals surface area contributed by atoms with Crippen molar-refractivity contribution < 1.29 is 9.18 Å². The summed E-state index contributed by atoms with van der Waals surface area (Å²) in [4.78, 5) is 34.7. The summed E-state index contributed by atoms with van der Waals surface area (Å²) >= 11 is 1.03. The van der Waals surface area contributed by atoms with Crippen molar-refractivity contribution >= 4 is 45.0 Å². The number of aromatic nitrogens is 7. The summed E-state index contributed by atoms with van der Waals surface area (Å²) in [5.74, 6) is 0.650. The first kappa shape index (κ1) is 21.7. The maximum absolute atomic E-state index is 13.7. The molecule has 0 radical (unpaired) electrons. The standard InChI is InChI=1S/C26H19FN8OS/c27-20-7-6-19(37-20)23-21-17(8-9-29-23)32-25(33-21)24-22-18(34-35-24)5-4-16(31-22)14-10-15(12-28-11-14)30-26(36)13-2-1-3-13/h4-13H,1-3H2,(H,30,36)(H,32,33)(H,34,35). The van der Waals surface area contributed by atoms with Crippen molar-refractivity contribution in [3.63, 3.8) is 0 Å². The summed E-state index contributed by atoms with van der Waals surface area (Å²) in [7, 11) is 0. The first-order valence-electron chi connectivity index (χ1n) is 11.8. The van der Waals surface area contributed by atoms with Crippen LogP contribution in [0.1, 0.15) is 19.3 Å². The van der Waals surface area contributed by atoms with Crippen LogP contribution in [-0.2, 0) is 4.79 Å². The number of H-pyrrole nitrogens is 2. The van der Waals surface area contributed by atoms with Crippen molar-refractivity contribution in [1.82, 2.24) is 35.1 Å². The number of rotatable bonds is 5. The molecule has 1 aliphatic carbocycles. The molecule has 6 aromatic heterocycles. The summed E-state index contributed by atoms with van der Waals surface area (Å²) in [5.41, 5.74) is 6.05. The van der Waals surface area contributed by atoms with Gasteiger partial charge >= 0.3 is 0 Å². The number of nitrogens with one attached hydrogen (secondary N) is 3. The van der Waals surface area contributed by atoms with Crippen molar-refractivity contribution in [2.45, 2.75) is 19.3 Å². The van der Waals surface area contributed by atoms with Crippen molar-refractivity contribution in [3.8, 4) is 33.3 Å². The Bertz CT molecular complexity index is 1800. The molecule has 9 nitrogen and oxygen atoms in total. The molecule has 0 spiro atoms. The van der Waals surface area contributed by atoms with Crippen LogP contribution >= 0.6 is 11.3 Å². The predicted molar refractivity (Wildman–Crippen MR) is 139 cm³/mol. The van der Waals surface area contributed by atoms with E-state index in [4.69, 9.17) is 9.97 Å². The average molecular weight is 511 g/mol. The number of carbonyl (C=O) groups excluding carboxylic acids is 1. The van der Waals surface area contributed by atoms with Crippen LogP contribution in [0.5, 0.6) is 0 Å². The van der Waals surface area contributed by atoms with E-state index < -0.39 is 0 Å². The van der Waals surface area contributed by atoms with Crippen LogP contribution < -0.4 is 5.32 Å². The second kappa shape index (κ2) is 8.56. The lowest BCUT2D eigenvalue weighted by Crippen LogP contribution is -2.28. The molecule has 0 atom stereocenters. The first-order valence-corrected chi connectivity index (χ1v) is 12.7. The van der Waals surface area contributed by atoms with Gasteiger partial charge in [0.25, 0.3) is 0 Å². The predicted octanol–water partition coefficient (Wildman–Crippen LogP) is 5.56. The third-order valence-electron chi connectivity index (χ3n) is 6.62. The highest BCUT2D eigenvalue weighted by atomic mass is 32.1. The molecule has 7 rings (SSSR count). The zero-order chi connectivity index (χ0) is 24.9. The second-order valence-corrected chi connectivity index (χ2v) is 10.0. The molecule has 11 heteroatoms. The van der Waals surface area contributed by atoms with E-state index in [1.165, 1.54) is 6.07 Å². The van der Waals surface area contributed by atoms with Gasteiger partial charge in [0.2, 0.25) is 5.91 Å². The van der Waals surface area contributed by atoms with E-state index in [1.54, 1.807) is 24.7 Å². The third-order valence-corrected chi connectivity index (χ3v) is 7.50. The van der Waals surface area contributed by atoms with E-state index in [0.29, 0.717) is 44.5 Å². The highest BCUT2D eigenvalue weighted by Crippen LogP contribution is 2.33. The SMILES string of the molecule is O=C(Nc1cncc(-c2ccc3[nH]nc(-c4nc5c(-c6ccc(F)s6)nccc5[nH]4)c3n2)c1)C1CCC1. The van der Waals surface area contributed by atoms with Gasteiger partial charge in [0, 0.05) is 23.9 Å². The van der Waals surface area contributed by atoms with Gasteiger partial charge in [-0.05, 0) is 49.2 Å². The van der Waals surface area contributed by atoms with Gasteiger partial charge in [0.1, 0.15) is 16.7 Å². The number of aromatic amines is 2. The molecule has 37 heavy (non-hydrogen) atoms. The number of halogens is 1. The zero-order valence-electron chi connectivity index (χ0n) is 19.3. The number of pyridine rings is 3. The number of nitrogens with zero attached hydrogens (tertiary/aromatic N) is 5. The summed E-state index contributed by atoms with van der Waals surface area (Å²) < 4.78 is 13.7. The van der Waals surface area contributed by atoms with Crippen LogP contribution in [0.15, 0.2) is 55.0 Å². The Hall–Kier alpha value is -4.51. The molecule has 1 fully saturated rings. The highest BCUT2D eigenvalue weighted by molar-refractivity contribution is 7.13. The van der Waals surface area contributed by atoms with Gasteiger partial charge in [-0.25, -0.2) is 9.97 Å². The summed E-state index contributed by atoms with van der Waals surface area (Å²) in [6, 6.07) is 10.6. The van der Waals surface area contributed by atoms with Crippen molar-refractivity contribution in [2.24, 2.45) is 5.92 Å². The molecule has 3 N–H and O–H groups in total. The lowest BCUT2D eigenvalue weighted by atomic mass is 9.85. The van der Waals surface area contributed by atoms with Gasteiger partial charge in [0.05, 0.1) is 33.5 Å². The topological polar surface area (TPSA) is 125 Å². The number of hydrogen-bond donors (Lipinski definition) is 3. The molecule has 1 aliphatic rings. The Balaban J connectivity index is 1.26. The van der Waals surface area contributed by atoms with Crippen molar-refractivity contribution in [3.05, 3.63) is 60.1 Å². The van der Waals surface area contributed by atoms with Crippen LogP contribution in [-0.4, -0.2) is 41.0 Å². The van der Waals surface area contributed by atoms with Gasteiger partial charge in [-0.1, -0.05) is 6.42 Å². The summed E-state index contributed by atoms with van der Waals surface area (Å²) in [6.07, 6.45) is 7.99. The number of amides is 1. The van der Waals surface area contributed by atoms with Gasteiger partial charge in [0.15, 0.2) is 16.6 Å². The Morgan fingerprint density at radius 2 is 1.92 bits per heavy atom. The minimum atomic E-state index is -0.277. The fraction of sp³-hybridized carbons (Fsp3) is 0.154. The molecule has 0 saturated heterocycles. The monoisotopic (exact) mass is 510 g/mol. The molecule has 1 saturated carbocycles. The number of fused-ring (bicyclic) bond motifs is 2. The number of thiophene rings is 1. The molecule has 0 aliphatic heterocycles. The highest BCUT2D eigenvalue weighted by Gasteiger charge is 2.25. The van der Waals surface area contributed by atoms with Crippen molar-refractivity contribution in [2.75, 3.05) is 5.32 Å². The number of imidazole rings is 1. The molecular formula is C26H19FN8OS. The van der Waals surface area contributed by atoms with E-state index in [2.05, 4.69) is 30.5 Å². The first-order chi connectivity index (χ1) is 18.1. The fourth-order valence-corrected chi connectivity index (χ4v) is 5.19. The largest absolute Gasteiger partial charge is 0.336 e. The Morgan fingerprint density at radius 1 is 1.03 bits per heavy atom. The lowest BCUT2D eigenvalue weighted by molar-refractivity contribution is -0.122. The minimum absolute atomic E-state index is 0.0368. The molecule has 6 heterocycles. The van der Waals surface area contributed by atoms with Crippen molar-refractivity contribution in [1.29, 1.82) is 0 Å². The normalized spacial score (nSPS) is 13.8. The smallest absolute Gasteiger partial charge is 0.227 e. The maximum Gasteiger partial charge on any atom is 0.227 e. The van der Waals surface area contributed by atoms with Gasteiger partial charge < -0.3 is 10.3 Å². The summed E-state index contributed by atoms with van der Waals surface area (Å²) in [6.45, 7) is 0. The molecule has 1 amide bonds. The lowest BCUT2D eigenvalue weighted by Gasteiger charge is -2.24. The van der Waals surface area contributed by atoms with Crippen LogP contribution in [0.4, 0.5) is 10.1 Å². The van der Waals surface area contributed by atoms with Gasteiger partial charge in [-0.3, -0.25) is 19.9 Å². The van der Waals surface area contributed by atoms with E-state index in [-0.39, 0.29) is 17.0 Å². The van der Waals surface area contributed by atoms with Gasteiger partial charge in [-0.2, -0.15) is 9.49 Å². The average Bonchev–Trinajstić information content (AvgIpc) is 3.60. The number of hydrogen-bond acceptors (Lipinski definition) is 7. The Kier molecular flexibility index (Phi) is 5.03. The molecule has 0 unspecified atom stereocenters. The Labute approximate surface area is 213 Å². The van der Waals surface area contributed by atoms with Crippen LogP contribution in [0.3, 0.4) is 0 Å². The van der Waals surface area contributed by atoms with Crippen LogP contribution in [0.25, 0.3) is 55.4 Å². The number of anilines is 1. The quantitative estimate of drug-likeness (QED) is 0.279. The zero-order valence-corrected chi connectivity index (χ0v) is 20.1. The van der Waals surface area contributed by atoms with E-state index in [0.717, 1.165) is 47.2 Å². The van der Waals surface area contributed by atoms with E-state index in [1.807, 2.05) is 24.3 Å². The molecule has 182 valence electrons. The molecular weight excluding hydrogens is 491 g/mol. The molecule has 0 aromatic carbocycles. The minimum Gasteiger partial charge on any atom is -0.336 e. The molecule has 0 bridgehead atoms. The van der Waals surface area contributed by atoms with E-state index >= 15 is 0 Å². The third kappa shape index (κ3) is 3.84. The summed E-state index contributed by atoms with van der Waals surface area (Å²) in [5, 5.41) is 10.2. The second-order valence-electron chi connectivity index (χ2n) is 8.99. The number of carbonyl (C=O) groups is 1. The molecule has 6 aromatic rings. The van der Waals surface area contributed by atoms with Crippen LogP contribution in [0, 0.1) is 11.0 Å².